The second-order valence-electron chi connectivity index (χ2n) is 3.23. The van der Waals surface area contributed by atoms with Crippen molar-refractivity contribution in [3.63, 3.8) is 0 Å². The molecule has 1 rings (SSSR count). The lowest BCUT2D eigenvalue weighted by Gasteiger charge is -2.20. The molecule has 8 heteroatoms. The summed E-state index contributed by atoms with van der Waals surface area (Å²) in [7, 11) is 1.78. The van der Waals surface area contributed by atoms with E-state index in [0.29, 0.717) is 9.80 Å². The van der Waals surface area contributed by atoms with Crippen LogP contribution in [0.25, 0.3) is 0 Å². The van der Waals surface area contributed by atoms with Crippen molar-refractivity contribution in [2.45, 2.75) is 12.4 Å². The predicted octanol–water partition coefficient (Wildman–Crippen LogP) is 2.67. The van der Waals surface area contributed by atoms with E-state index in [1.54, 1.807) is 0 Å². The van der Waals surface area contributed by atoms with Crippen molar-refractivity contribution >= 4 is 0 Å². The molecule has 0 atom stereocenters. The van der Waals surface area contributed by atoms with Crippen LogP contribution in [0, 0.1) is 0 Å². The van der Waals surface area contributed by atoms with Gasteiger partial charge in [0.1, 0.15) is 5.82 Å². The molecule has 1 aliphatic heterocycles. The maximum atomic E-state index is 12.5. The van der Waals surface area contributed by atoms with Gasteiger partial charge in [0.25, 0.3) is 0 Å². The van der Waals surface area contributed by atoms with Gasteiger partial charge in [0.05, 0.1) is 0 Å². The Labute approximate surface area is 87.4 Å². The fraction of sp³-hybridized carbons (Fsp3) is 0.500. The van der Waals surface area contributed by atoms with Gasteiger partial charge in [-0.15, -0.1) is 0 Å². The predicted molar refractivity (Wildman–Crippen MR) is 43.8 cm³/mol. The van der Waals surface area contributed by atoms with Gasteiger partial charge in [0.2, 0.25) is 0 Å². The Hall–Kier alpha value is -1.34. The molecule has 0 radical (unpaired) electrons. The molecule has 0 N–H and O–H groups in total. The average Bonchev–Trinajstić information content (AvgIpc) is 2.27. The quantitative estimate of drug-likeness (QED) is 0.606. The van der Waals surface area contributed by atoms with Gasteiger partial charge in [-0.25, -0.2) is 0 Å². The van der Waals surface area contributed by atoms with Crippen molar-refractivity contribution in [2.75, 3.05) is 14.1 Å². The van der Waals surface area contributed by atoms with Gasteiger partial charge in [-0.2, -0.15) is 26.3 Å². The molecule has 0 spiro atoms. The molecule has 2 nitrogen and oxygen atoms in total. The molecule has 0 amide bonds. The zero-order valence-corrected chi connectivity index (χ0v) is 8.37. The van der Waals surface area contributed by atoms with Crippen LogP contribution in [0.3, 0.4) is 0 Å². The highest BCUT2D eigenvalue weighted by Crippen LogP contribution is 2.45. The third kappa shape index (κ3) is 1.83. The molecule has 92 valence electrons. The summed E-state index contributed by atoms with van der Waals surface area (Å²) in [5.74, 6) is -0.375. The third-order valence-electron chi connectivity index (χ3n) is 2.21. The fourth-order valence-corrected chi connectivity index (χ4v) is 1.45. The van der Waals surface area contributed by atoms with Crippen LogP contribution in [-0.2, 0) is 0 Å². The van der Waals surface area contributed by atoms with Crippen molar-refractivity contribution in [1.29, 1.82) is 0 Å². The average molecular weight is 246 g/mol. The van der Waals surface area contributed by atoms with E-state index >= 15 is 0 Å². The first-order valence-electron chi connectivity index (χ1n) is 4.03. The molecular weight excluding hydrogens is 238 g/mol. The third-order valence-corrected chi connectivity index (χ3v) is 2.21. The summed E-state index contributed by atoms with van der Waals surface area (Å²) in [6, 6.07) is 0. The molecular formula is C8H8F6N2. The monoisotopic (exact) mass is 246 g/mol. The van der Waals surface area contributed by atoms with Crippen LogP contribution >= 0.6 is 0 Å². The first-order valence-corrected chi connectivity index (χ1v) is 4.03. The Bertz CT molecular complexity index is 319. The molecule has 0 aromatic rings. The van der Waals surface area contributed by atoms with Crippen LogP contribution in [0.1, 0.15) is 0 Å². The maximum Gasteiger partial charge on any atom is 0.433 e. The van der Waals surface area contributed by atoms with Crippen molar-refractivity contribution in [1.82, 2.24) is 9.80 Å². The van der Waals surface area contributed by atoms with Crippen LogP contribution in [0.2, 0.25) is 0 Å². The van der Waals surface area contributed by atoms with Crippen molar-refractivity contribution in [3.8, 4) is 0 Å². The zero-order valence-electron chi connectivity index (χ0n) is 8.37. The second-order valence-corrected chi connectivity index (χ2v) is 3.23. The summed E-state index contributed by atoms with van der Waals surface area (Å²) >= 11 is 0. The molecule has 0 saturated heterocycles. The molecule has 16 heavy (non-hydrogen) atoms. The highest BCUT2D eigenvalue weighted by atomic mass is 19.4. The van der Waals surface area contributed by atoms with E-state index in [1.807, 2.05) is 0 Å². The summed E-state index contributed by atoms with van der Waals surface area (Å²) < 4.78 is 74.8. The molecule has 0 aromatic carbocycles. The lowest BCUT2D eigenvalue weighted by Crippen LogP contribution is -2.27. The summed E-state index contributed by atoms with van der Waals surface area (Å²) in [5.41, 5.74) is -3.49. The molecule has 1 heterocycles. The lowest BCUT2D eigenvalue weighted by molar-refractivity contribution is -0.127. The topological polar surface area (TPSA) is 6.48 Å². The Morgan fingerprint density at radius 3 is 1.25 bits per heavy atom. The Balaban J connectivity index is 3.43. The van der Waals surface area contributed by atoms with Gasteiger partial charge in [0, 0.05) is 14.1 Å². The summed E-state index contributed by atoms with van der Waals surface area (Å²) in [6.07, 6.45) is -10.2. The summed E-state index contributed by atoms with van der Waals surface area (Å²) in [5, 5.41) is 0. The molecule has 1 aliphatic rings. The van der Waals surface area contributed by atoms with Crippen molar-refractivity contribution in [3.05, 3.63) is 23.8 Å². The smallest absolute Gasteiger partial charge is 0.326 e. The van der Waals surface area contributed by atoms with Gasteiger partial charge in [0.15, 0.2) is 11.4 Å². The van der Waals surface area contributed by atoms with Crippen LogP contribution in [0.15, 0.2) is 23.8 Å². The van der Waals surface area contributed by atoms with Crippen molar-refractivity contribution < 1.29 is 26.3 Å². The number of halogens is 6. The maximum absolute atomic E-state index is 12.5. The van der Waals surface area contributed by atoms with Gasteiger partial charge in [-0.3, -0.25) is 0 Å². The number of hydrogen-bond acceptors (Lipinski definition) is 2. The Kier molecular flexibility index (Phi) is 2.65. The van der Waals surface area contributed by atoms with E-state index in [-0.39, 0.29) is 5.82 Å². The number of alkyl halides is 6. The van der Waals surface area contributed by atoms with Gasteiger partial charge in [-0.1, -0.05) is 6.58 Å². The summed E-state index contributed by atoms with van der Waals surface area (Å²) in [6.45, 7) is 3.15. The highest BCUT2D eigenvalue weighted by molar-refractivity contribution is 5.32. The molecule has 0 aromatic heterocycles. The minimum absolute atomic E-state index is 0.375. The van der Waals surface area contributed by atoms with Gasteiger partial charge >= 0.3 is 12.4 Å². The standard InChI is InChI=1S/C8H8F6N2/c1-4-15(2)5(7(9,10)11)6(16(4)3)8(12,13)14/h1H2,2-3H3. The van der Waals surface area contributed by atoms with E-state index in [2.05, 4.69) is 6.58 Å². The number of nitrogens with zero attached hydrogens (tertiary/aromatic N) is 2. The minimum Gasteiger partial charge on any atom is -0.326 e. The van der Waals surface area contributed by atoms with E-state index < -0.39 is 23.7 Å². The number of allylic oxidation sites excluding steroid dienone is 2. The largest absolute Gasteiger partial charge is 0.433 e. The Morgan fingerprint density at radius 1 is 0.812 bits per heavy atom. The normalized spacial score (nSPS) is 18.9. The second kappa shape index (κ2) is 3.33. The molecule has 0 aliphatic carbocycles. The van der Waals surface area contributed by atoms with Crippen molar-refractivity contribution in [2.24, 2.45) is 0 Å². The van der Waals surface area contributed by atoms with Crippen LogP contribution in [-0.4, -0.2) is 36.2 Å². The van der Waals surface area contributed by atoms with E-state index in [4.69, 9.17) is 0 Å². The van der Waals surface area contributed by atoms with Gasteiger partial charge in [-0.05, 0) is 0 Å². The first-order chi connectivity index (χ1) is 6.98. The highest BCUT2D eigenvalue weighted by Gasteiger charge is 2.53. The van der Waals surface area contributed by atoms with E-state index in [0.717, 1.165) is 14.1 Å². The molecule has 0 bridgehead atoms. The molecule has 0 saturated carbocycles. The molecule has 0 fully saturated rings. The minimum atomic E-state index is -5.08. The van der Waals surface area contributed by atoms with E-state index in [1.165, 1.54) is 0 Å². The number of rotatable bonds is 0. The van der Waals surface area contributed by atoms with Crippen LogP contribution < -0.4 is 0 Å². The van der Waals surface area contributed by atoms with Gasteiger partial charge < -0.3 is 9.80 Å². The number of hydrogen-bond donors (Lipinski definition) is 0. The zero-order chi connectivity index (χ0) is 12.9. The SMILES string of the molecule is C=C1N(C)C(C(F)(F)F)=C(C(F)(F)F)N1C. The van der Waals surface area contributed by atoms with Crippen LogP contribution in [0.5, 0.6) is 0 Å². The molecule has 0 unspecified atom stereocenters. The lowest BCUT2D eigenvalue weighted by atomic mass is 10.3. The summed E-state index contributed by atoms with van der Waals surface area (Å²) in [4.78, 5) is 0.756. The first kappa shape index (κ1) is 12.7. The fourth-order valence-electron chi connectivity index (χ4n) is 1.45. The van der Waals surface area contributed by atoms with Crippen LogP contribution in [0.4, 0.5) is 26.3 Å². The Morgan fingerprint density at radius 2 is 1.06 bits per heavy atom. The van der Waals surface area contributed by atoms with E-state index in [9.17, 15) is 26.3 Å².